The van der Waals surface area contributed by atoms with Crippen LogP contribution >= 0.6 is 23.1 Å². The van der Waals surface area contributed by atoms with Crippen molar-refractivity contribution in [3.8, 4) is 0 Å². The standard InChI is InChI=1S/C21H22N4O3S2/c1-12(26)23-14-5-2-4-13(8-14)9-22-18(27)11-29-10-17-24-20(28)19-15-6-3-7-16(15)30-21(19)25-17/h2,4-5,8H,3,6-7,9-11H2,1H3,(H,22,27)(H,23,26)(H,24,25,28). The third kappa shape index (κ3) is 4.73. The molecule has 3 N–H and O–H groups in total. The first-order valence-electron chi connectivity index (χ1n) is 9.74. The van der Waals surface area contributed by atoms with Gasteiger partial charge in [-0.25, -0.2) is 4.98 Å². The number of fused-ring (bicyclic) bond motifs is 3. The Morgan fingerprint density at radius 3 is 3.00 bits per heavy atom. The minimum absolute atomic E-state index is 0.0708. The fourth-order valence-electron chi connectivity index (χ4n) is 3.57. The monoisotopic (exact) mass is 442 g/mol. The average molecular weight is 443 g/mol. The number of thioether (sulfide) groups is 1. The van der Waals surface area contributed by atoms with Crippen molar-refractivity contribution in [2.45, 2.75) is 38.5 Å². The molecular formula is C21H22N4O3S2. The highest BCUT2D eigenvalue weighted by Crippen LogP contribution is 2.34. The normalized spacial score (nSPS) is 12.7. The molecule has 0 bridgehead atoms. The van der Waals surface area contributed by atoms with Gasteiger partial charge >= 0.3 is 0 Å². The molecule has 0 fully saturated rings. The van der Waals surface area contributed by atoms with E-state index >= 15 is 0 Å². The summed E-state index contributed by atoms with van der Waals surface area (Å²) in [4.78, 5) is 45.3. The number of hydrogen-bond donors (Lipinski definition) is 3. The van der Waals surface area contributed by atoms with E-state index in [1.165, 1.54) is 29.1 Å². The second-order valence-electron chi connectivity index (χ2n) is 7.20. The quantitative estimate of drug-likeness (QED) is 0.522. The lowest BCUT2D eigenvalue weighted by Crippen LogP contribution is -2.24. The maximum absolute atomic E-state index is 12.5. The number of rotatable bonds is 7. The van der Waals surface area contributed by atoms with E-state index in [4.69, 9.17) is 0 Å². The minimum atomic E-state index is -0.135. The summed E-state index contributed by atoms with van der Waals surface area (Å²) in [7, 11) is 0. The summed E-state index contributed by atoms with van der Waals surface area (Å²) in [6.07, 6.45) is 3.11. The predicted molar refractivity (Wildman–Crippen MR) is 121 cm³/mol. The van der Waals surface area contributed by atoms with Gasteiger partial charge in [-0.2, -0.15) is 0 Å². The number of amides is 2. The Labute approximate surface area is 181 Å². The Morgan fingerprint density at radius 2 is 2.17 bits per heavy atom. The second kappa shape index (κ2) is 9.01. The first-order valence-corrected chi connectivity index (χ1v) is 11.7. The second-order valence-corrected chi connectivity index (χ2v) is 9.27. The molecular weight excluding hydrogens is 420 g/mol. The molecule has 0 radical (unpaired) electrons. The van der Waals surface area contributed by atoms with Crippen LogP contribution in [-0.4, -0.2) is 27.5 Å². The highest BCUT2D eigenvalue weighted by atomic mass is 32.2. The van der Waals surface area contributed by atoms with Crippen molar-refractivity contribution in [3.05, 3.63) is 56.4 Å². The summed E-state index contributed by atoms with van der Waals surface area (Å²) >= 11 is 3.03. The number of carbonyl (C=O) groups excluding carboxylic acids is 2. The van der Waals surface area contributed by atoms with E-state index in [2.05, 4.69) is 20.6 Å². The van der Waals surface area contributed by atoms with Crippen molar-refractivity contribution >= 4 is 50.8 Å². The molecule has 2 amide bonds. The fraction of sp³-hybridized carbons (Fsp3) is 0.333. The summed E-state index contributed by atoms with van der Waals surface area (Å²) in [6.45, 7) is 1.84. The molecule has 0 unspecified atom stereocenters. The van der Waals surface area contributed by atoms with Crippen LogP contribution in [0.2, 0.25) is 0 Å². The van der Waals surface area contributed by atoms with Gasteiger partial charge in [-0.15, -0.1) is 23.1 Å². The zero-order valence-corrected chi connectivity index (χ0v) is 18.2. The number of aromatic amines is 1. The lowest BCUT2D eigenvalue weighted by molar-refractivity contribution is -0.118. The number of anilines is 1. The van der Waals surface area contributed by atoms with E-state index < -0.39 is 0 Å². The van der Waals surface area contributed by atoms with Gasteiger partial charge in [-0.3, -0.25) is 14.4 Å². The molecule has 3 aromatic rings. The van der Waals surface area contributed by atoms with E-state index in [0.717, 1.165) is 35.0 Å². The number of thiophene rings is 1. The van der Waals surface area contributed by atoms with E-state index in [-0.39, 0.29) is 23.1 Å². The van der Waals surface area contributed by atoms with Gasteiger partial charge in [0.15, 0.2) is 0 Å². The smallest absolute Gasteiger partial charge is 0.259 e. The third-order valence-corrected chi connectivity index (χ3v) is 6.96. The van der Waals surface area contributed by atoms with Crippen LogP contribution in [0.5, 0.6) is 0 Å². The molecule has 1 aromatic carbocycles. The van der Waals surface area contributed by atoms with E-state index in [1.807, 2.05) is 18.2 Å². The molecule has 1 aliphatic carbocycles. The number of nitrogens with one attached hydrogen (secondary N) is 3. The van der Waals surface area contributed by atoms with Gasteiger partial charge in [0.1, 0.15) is 10.7 Å². The molecule has 156 valence electrons. The van der Waals surface area contributed by atoms with Crippen LogP contribution in [0.15, 0.2) is 29.1 Å². The first-order chi connectivity index (χ1) is 14.5. The number of carbonyl (C=O) groups is 2. The van der Waals surface area contributed by atoms with Gasteiger partial charge in [0.2, 0.25) is 11.8 Å². The lowest BCUT2D eigenvalue weighted by Gasteiger charge is -2.08. The van der Waals surface area contributed by atoms with Crippen LogP contribution in [0, 0.1) is 0 Å². The Kier molecular flexibility index (Phi) is 6.19. The molecule has 0 spiro atoms. The van der Waals surface area contributed by atoms with Gasteiger partial charge in [0, 0.05) is 24.0 Å². The molecule has 2 heterocycles. The molecule has 2 aromatic heterocycles. The number of nitrogens with zero attached hydrogens (tertiary/aromatic N) is 1. The maximum Gasteiger partial charge on any atom is 0.259 e. The summed E-state index contributed by atoms with van der Waals surface area (Å²) in [5.74, 6) is 1.12. The zero-order valence-electron chi connectivity index (χ0n) is 16.5. The molecule has 7 nitrogen and oxygen atoms in total. The molecule has 1 aliphatic rings. The number of aryl methyl sites for hydroxylation is 2. The van der Waals surface area contributed by atoms with Gasteiger partial charge in [0.25, 0.3) is 5.56 Å². The number of benzene rings is 1. The molecule has 0 saturated heterocycles. The number of H-pyrrole nitrogens is 1. The van der Waals surface area contributed by atoms with Crippen LogP contribution in [-0.2, 0) is 34.7 Å². The maximum atomic E-state index is 12.5. The summed E-state index contributed by atoms with van der Waals surface area (Å²) in [5, 5.41) is 6.34. The van der Waals surface area contributed by atoms with Gasteiger partial charge in [-0.05, 0) is 42.5 Å². The minimum Gasteiger partial charge on any atom is -0.351 e. The van der Waals surface area contributed by atoms with Crippen molar-refractivity contribution in [2.75, 3.05) is 11.1 Å². The van der Waals surface area contributed by atoms with Crippen molar-refractivity contribution < 1.29 is 9.59 Å². The van der Waals surface area contributed by atoms with Gasteiger partial charge < -0.3 is 15.6 Å². The van der Waals surface area contributed by atoms with E-state index in [0.29, 0.717) is 23.8 Å². The summed E-state index contributed by atoms with van der Waals surface area (Å²) in [6, 6.07) is 7.35. The largest absolute Gasteiger partial charge is 0.351 e. The van der Waals surface area contributed by atoms with Crippen molar-refractivity contribution in [3.63, 3.8) is 0 Å². The van der Waals surface area contributed by atoms with Gasteiger partial charge in [0.05, 0.1) is 16.9 Å². The van der Waals surface area contributed by atoms with Crippen molar-refractivity contribution in [2.24, 2.45) is 0 Å². The van der Waals surface area contributed by atoms with Crippen LogP contribution in [0.1, 0.15) is 35.2 Å². The summed E-state index contributed by atoms with van der Waals surface area (Å²) in [5.41, 5.74) is 2.71. The molecule has 9 heteroatoms. The number of aromatic nitrogens is 2. The number of hydrogen-bond acceptors (Lipinski definition) is 6. The van der Waals surface area contributed by atoms with E-state index in [1.54, 1.807) is 17.4 Å². The topological polar surface area (TPSA) is 104 Å². The highest BCUT2D eigenvalue weighted by Gasteiger charge is 2.21. The van der Waals surface area contributed by atoms with Crippen molar-refractivity contribution in [1.29, 1.82) is 0 Å². The SMILES string of the molecule is CC(=O)Nc1cccc(CNC(=O)CSCc2nc3sc4c(c3c(=O)[nH]2)CCC4)c1. The fourth-order valence-corrected chi connectivity index (χ4v) is 5.57. The van der Waals surface area contributed by atoms with Crippen LogP contribution in [0.25, 0.3) is 10.2 Å². The molecule has 0 saturated carbocycles. The molecule has 4 rings (SSSR count). The summed E-state index contributed by atoms with van der Waals surface area (Å²) < 4.78 is 0. The Bertz CT molecular complexity index is 1170. The predicted octanol–water partition coefficient (Wildman–Crippen LogP) is 2.98. The van der Waals surface area contributed by atoms with E-state index in [9.17, 15) is 14.4 Å². The highest BCUT2D eigenvalue weighted by molar-refractivity contribution is 7.99. The Balaban J connectivity index is 1.29. The van der Waals surface area contributed by atoms with Crippen LogP contribution in [0.3, 0.4) is 0 Å². The van der Waals surface area contributed by atoms with Crippen molar-refractivity contribution in [1.82, 2.24) is 15.3 Å². The Morgan fingerprint density at radius 1 is 1.30 bits per heavy atom. The Hall–Kier alpha value is -2.65. The first kappa shape index (κ1) is 20.6. The molecule has 30 heavy (non-hydrogen) atoms. The van der Waals surface area contributed by atoms with Crippen LogP contribution < -0.4 is 16.2 Å². The molecule has 0 aliphatic heterocycles. The van der Waals surface area contributed by atoms with Crippen LogP contribution in [0.4, 0.5) is 5.69 Å². The zero-order chi connectivity index (χ0) is 21.1. The lowest BCUT2D eigenvalue weighted by atomic mass is 10.2. The average Bonchev–Trinajstić information content (AvgIpc) is 3.27. The molecule has 0 atom stereocenters. The third-order valence-electron chi connectivity index (χ3n) is 4.83. The van der Waals surface area contributed by atoms with Gasteiger partial charge in [-0.1, -0.05) is 12.1 Å².